The van der Waals surface area contributed by atoms with Gasteiger partial charge in [0.05, 0.1) is 13.2 Å². The molecule has 0 aromatic heterocycles. The van der Waals surface area contributed by atoms with Crippen LogP contribution >= 0.6 is 0 Å². The van der Waals surface area contributed by atoms with E-state index in [1.807, 2.05) is 18.2 Å². The molecule has 1 saturated heterocycles. The third-order valence-corrected chi connectivity index (χ3v) is 6.32. The number of hydrogen-bond donors (Lipinski definition) is 1. The predicted octanol–water partition coefficient (Wildman–Crippen LogP) is 3.03. The van der Waals surface area contributed by atoms with Gasteiger partial charge in [0, 0.05) is 18.5 Å². The summed E-state index contributed by atoms with van der Waals surface area (Å²) in [5.41, 5.74) is 1.17. The van der Waals surface area contributed by atoms with Crippen LogP contribution in [-0.2, 0) is 0 Å². The van der Waals surface area contributed by atoms with Gasteiger partial charge in [0.1, 0.15) is 5.75 Å². The fourth-order valence-electron chi connectivity index (χ4n) is 5.25. The van der Waals surface area contributed by atoms with E-state index in [1.54, 1.807) is 7.11 Å². The van der Waals surface area contributed by atoms with Crippen molar-refractivity contribution in [2.75, 3.05) is 20.2 Å². The number of para-hydroxylation sites is 1. The van der Waals surface area contributed by atoms with Crippen LogP contribution in [0.3, 0.4) is 0 Å². The van der Waals surface area contributed by atoms with E-state index >= 15 is 0 Å². The van der Waals surface area contributed by atoms with Crippen molar-refractivity contribution < 1.29 is 9.84 Å². The van der Waals surface area contributed by atoms with Crippen LogP contribution in [0.1, 0.15) is 43.6 Å². The third-order valence-electron chi connectivity index (χ3n) is 6.32. The maximum atomic E-state index is 10.7. The Morgan fingerprint density at radius 2 is 2.00 bits per heavy atom. The first-order valence-corrected chi connectivity index (χ1v) is 8.81. The highest BCUT2D eigenvalue weighted by molar-refractivity contribution is 5.37. The van der Waals surface area contributed by atoms with Gasteiger partial charge in [-0.25, -0.2) is 0 Å². The van der Waals surface area contributed by atoms with Gasteiger partial charge in [0.15, 0.2) is 0 Å². The molecule has 3 aliphatic rings. The van der Waals surface area contributed by atoms with Gasteiger partial charge < -0.3 is 9.84 Å². The molecule has 3 fully saturated rings. The lowest BCUT2D eigenvalue weighted by molar-refractivity contribution is 0.0155. The van der Waals surface area contributed by atoms with E-state index < -0.39 is 0 Å². The zero-order chi connectivity index (χ0) is 15.1. The summed E-state index contributed by atoms with van der Waals surface area (Å²) in [5, 5.41) is 10.7. The molecule has 0 radical (unpaired) electrons. The third kappa shape index (κ3) is 2.44. The summed E-state index contributed by atoms with van der Waals surface area (Å²) in [5.74, 6) is 3.00. The highest BCUT2D eigenvalue weighted by Crippen LogP contribution is 2.47. The van der Waals surface area contributed by atoms with Crippen molar-refractivity contribution in [1.82, 2.24) is 4.90 Å². The summed E-state index contributed by atoms with van der Waals surface area (Å²) in [6.07, 6.45) is 6.43. The van der Waals surface area contributed by atoms with E-state index in [9.17, 15) is 5.11 Å². The Bertz CT molecular complexity index is 532. The van der Waals surface area contributed by atoms with Crippen LogP contribution in [0.15, 0.2) is 24.3 Å². The van der Waals surface area contributed by atoms with E-state index in [2.05, 4.69) is 11.0 Å². The lowest BCUT2D eigenvalue weighted by Gasteiger charge is -2.42. The van der Waals surface area contributed by atoms with Gasteiger partial charge in [-0.2, -0.15) is 0 Å². The van der Waals surface area contributed by atoms with Crippen molar-refractivity contribution in [1.29, 1.82) is 0 Å². The van der Waals surface area contributed by atoms with Gasteiger partial charge in [-0.05, 0) is 55.7 Å². The summed E-state index contributed by atoms with van der Waals surface area (Å²) in [4.78, 5) is 2.58. The molecule has 22 heavy (non-hydrogen) atoms. The second kappa shape index (κ2) is 5.86. The van der Waals surface area contributed by atoms with Crippen LogP contribution in [0.25, 0.3) is 0 Å². The molecule has 2 aliphatic carbocycles. The van der Waals surface area contributed by atoms with E-state index in [0.717, 1.165) is 43.1 Å². The molecule has 2 bridgehead atoms. The minimum absolute atomic E-state index is 0.214. The zero-order valence-electron chi connectivity index (χ0n) is 13.4. The van der Waals surface area contributed by atoms with Crippen LogP contribution in [0, 0.1) is 11.8 Å². The molecule has 5 atom stereocenters. The van der Waals surface area contributed by atoms with Gasteiger partial charge in [0.2, 0.25) is 0 Å². The number of likely N-dealkylation sites (tertiary alicyclic amines) is 1. The molecule has 2 unspecified atom stereocenters. The number of aliphatic hydroxyl groups excluding tert-OH is 1. The minimum atomic E-state index is -0.274. The number of benzene rings is 1. The van der Waals surface area contributed by atoms with Gasteiger partial charge >= 0.3 is 0 Å². The van der Waals surface area contributed by atoms with Gasteiger partial charge in [0.25, 0.3) is 0 Å². The second-order valence-corrected chi connectivity index (χ2v) is 7.44. The minimum Gasteiger partial charge on any atom is -0.496 e. The van der Waals surface area contributed by atoms with Crippen LogP contribution in [0.2, 0.25) is 0 Å². The molecule has 1 N–H and O–H groups in total. The summed E-state index contributed by atoms with van der Waals surface area (Å²) in [6.45, 7) is 1.95. The van der Waals surface area contributed by atoms with E-state index in [4.69, 9.17) is 4.74 Å². The molecule has 1 heterocycles. The van der Waals surface area contributed by atoms with Gasteiger partial charge in [-0.1, -0.05) is 24.6 Å². The van der Waals surface area contributed by atoms with Crippen LogP contribution in [0.4, 0.5) is 0 Å². The molecule has 1 aliphatic heterocycles. The number of piperidine rings is 1. The number of hydrogen-bond acceptors (Lipinski definition) is 3. The zero-order valence-corrected chi connectivity index (χ0v) is 13.4. The summed E-state index contributed by atoms with van der Waals surface area (Å²) in [6, 6.07) is 8.91. The number of fused-ring (bicyclic) bond motifs is 2. The molecule has 4 rings (SSSR count). The standard InChI is InChI=1S/C19H27NO2/c1-22-19-5-3-2-4-16(19)15-8-9-20(12-18(15)21)17-11-13-6-7-14(17)10-13/h2-5,13-15,17-18,21H,6-12H2,1H3/t13?,14?,15-,17+,18-/m0/s1. The summed E-state index contributed by atoms with van der Waals surface area (Å²) < 4.78 is 5.49. The molecule has 1 aromatic carbocycles. The Labute approximate surface area is 133 Å². The fourth-order valence-corrected chi connectivity index (χ4v) is 5.25. The van der Waals surface area contributed by atoms with E-state index in [-0.39, 0.29) is 12.0 Å². The first-order chi connectivity index (χ1) is 10.8. The molecular weight excluding hydrogens is 274 g/mol. The Kier molecular flexibility index (Phi) is 3.87. The molecule has 3 heteroatoms. The van der Waals surface area contributed by atoms with E-state index in [0.29, 0.717) is 0 Å². The average molecular weight is 301 g/mol. The largest absolute Gasteiger partial charge is 0.496 e. The van der Waals surface area contributed by atoms with Crippen molar-refractivity contribution >= 4 is 0 Å². The molecular formula is C19H27NO2. The van der Waals surface area contributed by atoms with Crippen molar-refractivity contribution in [3.63, 3.8) is 0 Å². The maximum absolute atomic E-state index is 10.7. The molecule has 1 aromatic rings. The number of rotatable bonds is 3. The van der Waals surface area contributed by atoms with E-state index in [1.165, 1.54) is 31.2 Å². The number of nitrogens with zero attached hydrogens (tertiary/aromatic N) is 1. The van der Waals surface area contributed by atoms with Gasteiger partial charge in [-0.3, -0.25) is 4.90 Å². The molecule has 2 saturated carbocycles. The Hall–Kier alpha value is -1.06. The summed E-state index contributed by atoms with van der Waals surface area (Å²) in [7, 11) is 1.72. The van der Waals surface area contributed by atoms with Gasteiger partial charge in [-0.15, -0.1) is 0 Å². The van der Waals surface area contributed by atoms with Crippen LogP contribution in [-0.4, -0.2) is 42.4 Å². The lowest BCUT2D eigenvalue weighted by Crippen LogP contribution is -2.49. The predicted molar refractivity (Wildman–Crippen MR) is 87.2 cm³/mol. The average Bonchev–Trinajstić information content (AvgIpc) is 3.18. The quantitative estimate of drug-likeness (QED) is 0.931. The number of β-amino-alcohol motifs (C(OH)–C–C–N with tert-alkyl or cyclic N) is 1. The molecule has 0 spiro atoms. The topological polar surface area (TPSA) is 32.7 Å². The first kappa shape index (κ1) is 14.5. The highest BCUT2D eigenvalue weighted by Gasteiger charge is 2.44. The van der Waals surface area contributed by atoms with Crippen molar-refractivity contribution in [2.45, 2.75) is 50.2 Å². The normalized spacial score (nSPS) is 38.4. The Morgan fingerprint density at radius 1 is 1.14 bits per heavy atom. The fraction of sp³-hybridized carbons (Fsp3) is 0.684. The molecule has 0 amide bonds. The monoisotopic (exact) mass is 301 g/mol. The van der Waals surface area contributed by atoms with Crippen molar-refractivity contribution in [2.24, 2.45) is 11.8 Å². The SMILES string of the molecule is COc1ccccc1[C@@H]1CCN([C@@H]2CC3CCC2C3)C[C@@H]1O. The number of methoxy groups -OCH3 is 1. The second-order valence-electron chi connectivity index (χ2n) is 7.44. The maximum Gasteiger partial charge on any atom is 0.122 e. The lowest BCUT2D eigenvalue weighted by atomic mass is 9.84. The van der Waals surface area contributed by atoms with Crippen molar-refractivity contribution in [3.05, 3.63) is 29.8 Å². The highest BCUT2D eigenvalue weighted by atomic mass is 16.5. The Morgan fingerprint density at radius 3 is 2.68 bits per heavy atom. The summed E-state index contributed by atoms with van der Waals surface area (Å²) >= 11 is 0. The first-order valence-electron chi connectivity index (χ1n) is 8.81. The Balaban J connectivity index is 1.46. The van der Waals surface area contributed by atoms with Crippen LogP contribution in [0.5, 0.6) is 5.75 Å². The smallest absolute Gasteiger partial charge is 0.122 e. The van der Waals surface area contributed by atoms with Crippen LogP contribution < -0.4 is 4.74 Å². The number of ether oxygens (including phenoxy) is 1. The van der Waals surface area contributed by atoms with Crippen molar-refractivity contribution in [3.8, 4) is 5.75 Å². The molecule has 3 nitrogen and oxygen atoms in total. The molecule has 120 valence electrons. The number of aliphatic hydroxyl groups is 1.